The molecule has 2 heteroatoms. The van der Waals surface area contributed by atoms with Gasteiger partial charge < -0.3 is 5.11 Å². The lowest BCUT2D eigenvalue weighted by Gasteiger charge is -2.03. The largest absolute Gasteiger partial charge is 0.508 e. The van der Waals surface area contributed by atoms with Crippen molar-refractivity contribution < 1.29 is 5.11 Å². The molecule has 2 radical (unpaired) electrons. The third-order valence-electron chi connectivity index (χ3n) is 1.40. The predicted molar refractivity (Wildman–Crippen MR) is 42.3 cm³/mol. The Labute approximate surface area is 62.1 Å². The number of aromatic hydroxyl groups is 1. The second kappa shape index (κ2) is 2.78. The molecular weight excluding hydrogens is 123 g/mol. The van der Waals surface area contributed by atoms with Gasteiger partial charge in [0.2, 0.25) is 0 Å². The van der Waals surface area contributed by atoms with Gasteiger partial charge in [-0.15, -0.1) is 0 Å². The maximum Gasteiger partial charge on any atom is 0.115 e. The van der Waals surface area contributed by atoms with Crippen molar-refractivity contribution in [3.05, 3.63) is 29.8 Å². The van der Waals surface area contributed by atoms with Gasteiger partial charge in [0.05, 0.1) is 7.85 Å². The fourth-order valence-electron chi connectivity index (χ4n) is 0.808. The van der Waals surface area contributed by atoms with Crippen molar-refractivity contribution in [2.24, 2.45) is 0 Å². The summed E-state index contributed by atoms with van der Waals surface area (Å²) in [5.41, 5.74) is 0.958. The summed E-state index contributed by atoms with van der Waals surface area (Å²) < 4.78 is 0. The second-order valence-electron chi connectivity index (χ2n) is 2.38. The van der Waals surface area contributed by atoms with E-state index in [1.165, 1.54) is 0 Å². The zero-order chi connectivity index (χ0) is 7.56. The van der Waals surface area contributed by atoms with Crippen molar-refractivity contribution in [1.82, 2.24) is 0 Å². The number of hydrogen-bond acceptors (Lipinski definition) is 1. The van der Waals surface area contributed by atoms with Gasteiger partial charge in [-0.2, -0.15) is 0 Å². The Kier molecular flexibility index (Phi) is 2.00. The molecule has 0 heterocycles. The third-order valence-corrected chi connectivity index (χ3v) is 1.40. The van der Waals surface area contributed by atoms with E-state index in [0.717, 1.165) is 5.56 Å². The van der Waals surface area contributed by atoms with Crippen LogP contribution in [0.15, 0.2) is 24.3 Å². The molecule has 0 bridgehead atoms. The average molecular weight is 132 g/mol. The standard InChI is InChI=1S/C8H9BO/c1-6(9)7-3-2-4-8(10)5-7/h2-6,10H,1H3. The maximum atomic E-state index is 9.01. The smallest absolute Gasteiger partial charge is 0.115 e. The molecule has 0 aromatic heterocycles. The van der Waals surface area contributed by atoms with Crippen molar-refractivity contribution in [2.45, 2.75) is 12.7 Å². The molecule has 0 aliphatic rings. The average Bonchev–Trinajstić information content (AvgIpc) is 1.88. The first kappa shape index (κ1) is 7.20. The topological polar surface area (TPSA) is 20.2 Å². The van der Waals surface area contributed by atoms with Gasteiger partial charge in [0, 0.05) is 0 Å². The Hall–Kier alpha value is -0.915. The molecule has 50 valence electrons. The molecule has 0 fully saturated rings. The first-order valence-electron chi connectivity index (χ1n) is 3.24. The molecule has 0 aliphatic carbocycles. The van der Waals surface area contributed by atoms with E-state index in [1.807, 2.05) is 13.0 Å². The highest BCUT2D eigenvalue weighted by Gasteiger charge is 1.97. The van der Waals surface area contributed by atoms with E-state index in [9.17, 15) is 0 Å². The van der Waals surface area contributed by atoms with Crippen LogP contribution in [0.25, 0.3) is 0 Å². The molecule has 1 unspecified atom stereocenters. The van der Waals surface area contributed by atoms with Crippen molar-refractivity contribution in [2.75, 3.05) is 0 Å². The van der Waals surface area contributed by atoms with Gasteiger partial charge in [0.15, 0.2) is 0 Å². The van der Waals surface area contributed by atoms with Crippen LogP contribution in [-0.4, -0.2) is 13.0 Å². The van der Waals surface area contributed by atoms with Gasteiger partial charge in [-0.1, -0.05) is 30.4 Å². The van der Waals surface area contributed by atoms with Crippen LogP contribution >= 0.6 is 0 Å². The van der Waals surface area contributed by atoms with Gasteiger partial charge in [0.1, 0.15) is 5.75 Å². The Morgan fingerprint density at radius 3 is 2.60 bits per heavy atom. The van der Waals surface area contributed by atoms with Crippen LogP contribution in [0.4, 0.5) is 0 Å². The summed E-state index contributed by atoms with van der Waals surface area (Å²) in [4.78, 5) is 0. The highest BCUT2D eigenvalue weighted by atomic mass is 16.3. The van der Waals surface area contributed by atoms with E-state index >= 15 is 0 Å². The van der Waals surface area contributed by atoms with Crippen molar-refractivity contribution in [1.29, 1.82) is 0 Å². The zero-order valence-corrected chi connectivity index (χ0v) is 5.91. The van der Waals surface area contributed by atoms with Crippen molar-refractivity contribution >= 4 is 7.85 Å². The molecule has 1 nitrogen and oxygen atoms in total. The summed E-state index contributed by atoms with van der Waals surface area (Å²) in [6.07, 6.45) is 0. The number of rotatable bonds is 1. The highest BCUT2D eigenvalue weighted by Crippen LogP contribution is 2.16. The van der Waals surface area contributed by atoms with Crippen LogP contribution in [0.3, 0.4) is 0 Å². The Balaban J connectivity index is 2.96. The summed E-state index contributed by atoms with van der Waals surface area (Å²) >= 11 is 0. The number of phenols is 1. The van der Waals surface area contributed by atoms with Gasteiger partial charge in [-0.25, -0.2) is 0 Å². The molecule has 0 spiro atoms. The van der Waals surface area contributed by atoms with E-state index in [1.54, 1.807) is 18.2 Å². The first-order chi connectivity index (χ1) is 4.70. The van der Waals surface area contributed by atoms with Crippen LogP contribution in [0.1, 0.15) is 18.3 Å². The molecule has 1 rings (SSSR count). The minimum Gasteiger partial charge on any atom is -0.508 e. The fraction of sp³-hybridized carbons (Fsp3) is 0.250. The lowest BCUT2D eigenvalue weighted by molar-refractivity contribution is 0.474. The van der Waals surface area contributed by atoms with Gasteiger partial charge in [0.25, 0.3) is 0 Å². The molecule has 1 aromatic rings. The third kappa shape index (κ3) is 1.53. The predicted octanol–water partition coefficient (Wildman–Crippen LogP) is 1.62. The van der Waals surface area contributed by atoms with E-state index in [-0.39, 0.29) is 11.6 Å². The van der Waals surface area contributed by atoms with E-state index in [2.05, 4.69) is 0 Å². The molecule has 1 atom stereocenters. The molecule has 1 N–H and O–H groups in total. The Morgan fingerprint density at radius 2 is 2.20 bits per heavy atom. The molecule has 0 saturated carbocycles. The number of phenolic OH excluding ortho intramolecular Hbond substituents is 1. The van der Waals surface area contributed by atoms with Crippen LogP contribution in [0.2, 0.25) is 0 Å². The van der Waals surface area contributed by atoms with Crippen molar-refractivity contribution in [3.63, 3.8) is 0 Å². The summed E-state index contributed by atoms with van der Waals surface area (Å²) in [5.74, 6) is 0.266. The Bertz CT molecular complexity index is 220. The first-order valence-corrected chi connectivity index (χ1v) is 3.24. The summed E-state index contributed by atoms with van der Waals surface area (Å²) in [7, 11) is 5.57. The zero-order valence-electron chi connectivity index (χ0n) is 5.91. The van der Waals surface area contributed by atoms with Crippen LogP contribution in [-0.2, 0) is 0 Å². The van der Waals surface area contributed by atoms with Crippen LogP contribution in [0, 0.1) is 0 Å². The molecule has 10 heavy (non-hydrogen) atoms. The summed E-state index contributed by atoms with van der Waals surface area (Å²) in [6, 6.07) is 6.98. The van der Waals surface area contributed by atoms with Crippen LogP contribution in [0.5, 0.6) is 5.75 Å². The monoisotopic (exact) mass is 132 g/mol. The summed E-state index contributed by atoms with van der Waals surface area (Å²) in [5, 5.41) is 9.01. The molecule has 1 aromatic carbocycles. The minimum atomic E-state index is -0.00731. The number of hydrogen-bond donors (Lipinski definition) is 1. The maximum absolute atomic E-state index is 9.01. The van der Waals surface area contributed by atoms with Gasteiger partial charge in [-0.3, -0.25) is 0 Å². The van der Waals surface area contributed by atoms with E-state index in [0.29, 0.717) is 0 Å². The SMILES string of the molecule is [B]C(C)c1cccc(O)c1. The van der Waals surface area contributed by atoms with E-state index < -0.39 is 0 Å². The van der Waals surface area contributed by atoms with Gasteiger partial charge >= 0.3 is 0 Å². The normalized spacial score (nSPS) is 12.9. The van der Waals surface area contributed by atoms with Crippen molar-refractivity contribution in [3.8, 4) is 5.75 Å². The highest BCUT2D eigenvalue weighted by molar-refractivity contribution is 6.12. The lowest BCUT2D eigenvalue weighted by Crippen LogP contribution is -1.89. The quantitative estimate of drug-likeness (QED) is 0.575. The number of benzene rings is 1. The molecule has 0 amide bonds. The molecular formula is C8H9BO. The second-order valence-corrected chi connectivity index (χ2v) is 2.38. The minimum absolute atomic E-state index is 0.00731. The Morgan fingerprint density at radius 1 is 1.50 bits per heavy atom. The van der Waals surface area contributed by atoms with E-state index in [4.69, 9.17) is 13.0 Å². The summed E-state index contributed by atoms with van der Waals surface area (Å²) in [6.45, 7) is 1.88. The lowest BCUT2D eigenvalue weighted by atomic mass is 9.83. The molecule has 0 aliphatic heterocycles. The molecule has 0 saturated heterocycles. The van der Waals surface area contributed by atoms with Gasteiger partial charge in [-0.05, 0) is 12.1 Å². The fourth-order valence-corrected chi connectivity index (χ4v) is 0.808. The van der Waals surface area contributed by atoms with Crippen LogP contribution < -0.4 is 0 Å².